The number of carbonyl (C=O) groups excluding carboxylic acids is 2. The third-order valence-corrected chi connectivity index (χ3v) is 5.18. The molecule has 1 atom stereocenters. The van der Waals surface area contributed by atoms with Crippen molar-refractivity contribution in [1.29, 1.82) is 0 Å². The Morgan fingerprint density at radius 3 is 2.84 bits per heavy atom. The summed E-state index contributed by atoms with van der Waals surface area (Å²) in [6, 6.07) is 9.24. The van der Waals surface area contributed by atoms with Gasteiger partial charge in [0.2, 0.25) is 0 Å². The minimum Gasteiger partial charge on any atom is -0.491 e. The number of benzene rings is 2. The fourth-order valence-electron chi connectivity index (χ4n) is 3.73. The van der Waals surface area contributed by atoms with Crippen molar-refractivity contribution in [2.45, 2.75) is 32.9 Å². The summed E-state index contributed by atoms with van der Waals surface area (Å²) in [5.41, 5.74) is 4.06. The molecule has 2 aromatic rings. The van der Waals surface area contributed by atoms with Gasteiger partial charge in [0.05, 0.1) is 6.04 Å². The van der Waals surface area contributed by atoms with E-state index in [2.05, 4.69) is 0 Å². The molecule has 25 heavy (non-hydrogen) atoms. The van der Waals surface area contributed by atoms with Gasteiger partial charge in [-0.25, -0.2) is 0 Å². The Morgan fingerprint density at radius 1 is 1.28 bits per heavy atom. The van der Waals surface area contributed by atoms with Crippen molar-refractivity contribution in [3.8, 4) is 5.75 Å². The van der Waals surface area contributed by atoms with E-state index in [9.17, 15) is 9.59 Å². The molecule has 0 spiro atoms. The Morgan fingerprint density at radius 2 is 2.08 bits per heavy atom. The number of ketones is 1. The number of rotatable bonds is 2. The van der Waals surface area contributed by atoms with E-state index in [0.717, 1.165) is 22.4 Å². The number of ether oxygens (including phenoxy) is 1. The van der Waals surface area contributed by atoms with Crippen LogP contribution < -0.4 is 4.74 Å². The van der Waals surface area contributed by atoms with E-state index in [-0.39, 0.29) is 17.7 Å². The van der Waals surface area contributed by atoms with Crippen molar-refractivity contribution < 1.29 is 14.3 Å². The highest BCUT2D eigenvalue weighted by atomic mass is 35.5. The van der Waals surface area contributed by atoms with Gasteiger partial charge in [-0.3, -0.25) is 9.59 Å². The third kappa shape index (κ3) is 2.71. The molecule has 0 radical (unpaired) electrons. The summed E-state index contributed by atoms with van der Waals surface area (Å²) in [6.07, 6.45) is 0.698. The minimum atomic E-state index is -0.0639. The number of fused-ring (bicyclic) bond motifs is 2. The quantitative estimate of drug-likeness (QED) is 0.769. The van der Waals surface area contributed by atoms with Crippen LogP contribution in [0.25, 0.3) is 0 Å². The van der Waals surface area contributed by atoms with Crippen LogP contribution in [0.15, 0.2) is 30.3 Å². The number of Topliss-reactive ketones (excluding diaryl/α,β-unsaturated/α-hetero) is 1. The van der Waals surface area contributed by atoms with E-state index < -0.39 is 0 Å². The summed E-state index contributed by atoms with van der Waals surface area (Å²) in [4.78, 5) is 26.7. The van der Waals surface area contributed by atoms with Gasteiger partial charge in [0.25, 0.3) is 5.91 Å². The van der Waals surface area contributed by atoms with Crippen molar-refractivity contribution in [3.63, 3.8) is 0 Å². The maximum Gasteiger partial charge on any atom is 0.254 e. The highest BCUT2D eigenvalue weighted by Crippen LogP contribution is 2.34. The molecule has 1 unspecified atom stereocenters. The van der Waals surface area contributed by atoms with Crippen molar-refractivity contribution in [2.24, 2.45) is 0 Å². The summed E-state index contributed by atoms with van der Waals surface area (Å²) in [5.74, 6) is 0.789. The topological polar surface area (TPSA) is 46.6 Å². The van der Waals surface area contributed by atoms with Crippen LogP contribution in [0.2, 0.25) is 5.02 Å². The number of aryl methyl sites for hydroxylation is 1. The Balaban J connectivity index is 1.66. The highest BCUT2D eigenvalue weighted by Gasteiger charge is 2.37. The van der Waals surface area contributed by atoms with Gasteiger partial charge in [-0.2, -0.15) is 0 Å². The van der Waals surface area contributed by atoms with E-state index in [1.165, 1.54) is 0 Å². The van der Waals surface area contributed by atoms with Gasteiger partial charge in [0.15, 0.2) is 5.78 Å². The maximum atomic E-state index is 12.9. The molecule has 0 fully saturated rings. The number of amides is 1. The van der Waals surface area contributed by atoms with Crippen molar-refractivity contribution >= 4 is 23.3 Å². The number of hydrogen-bond acceptors (Lipinski definition) is 3. The SMILES string of the molecule is CC(=O)c1cc(C)cc2c1CN(C1COc3ccc(Cl)cc3C1)C2=O. The van der Waals surface area contributed by atoms with Crippen LogP contribution in [0.3, 0.4) is 0 Å². The zero-order valence-electron chi connectivity index (χ0n) is 14.1. The van der Waals surface area contributed by atoms with Gasteiger partial charge in [0.1, 0.15) is 12.4 Å². The van der Waals surface area contributed by atoms with Crippen LogP contribution in [0.5, 0.6) is 5.75 Å². The summed E-state index contributed by atoms with van der Waals surface area (Å²) in [7, 11) is 0. The molecular formula is C20H18ClNO3. The Kier molecular flexibility index (Phi) is 3.80. The summed E-state index contributed by atoms with van der Waals surface area (Å²) < 4.78 is 5.83. The van der Waals surface area contributed by atoms with Crippen LogP contribution in [0, 0.1) is 6.92 Å². The fraction of sp³-hybridized carbons (Fsp3) is 0.300. The average Bonchev–Trinajstić information content (AvgIpc) is 2.90. The molecule has 2 aliphatic rings. The lowest BCUT2D eigenvalue weighted by Gasteiger charge is -2.32. The van der Waals surface area contributed by atoms with Gasteiger partial charge in [-0.15, -0.1) is 0 Å². The van der Waals surface area contributed by atoms with Crippen molar-refractivity contribution in [1.82, 2.24) is 4.90 Å². The van der Waals surface area contributed by atoms with Crippen LogP contribution in [0.1, 0.15) is 44.3 Å². The highest BCUT2D eigenvalue weighted by molar-refractivity contribution is 6.30. The molecule has 0 saturated carbocycles. The molecule has 0 saturated heterocycles. The lowest BCUT2D eigenvalue weighted by molar-refractivity contribution is 0.0611. The first-order chi connectivity index (χ1) is 11.9. The third-order valence-electron chi connectivity index (χ3n) is 4.94. The van der Waals surface area contributed by atoms with Crippen LogP contribution in [-0.4, -0.2) is 29.2 Å². The second-order valence-corrected chi connectivity index (χ2v) is 7.19. The Labute approximate surface area is 151 Å². The van der Waals surface area contributed by atoms with E-state index in [1.807, 2.05) is 36.1 Å². The molecule has 0 N–H and O–H groups in total. The molecule has 128 valence electrons. The van der Waals surface area contributed by atoms with E-state index in [0.29, 0.717) is 35.7 Å². The predicted octanol–water partition coefficient (Wildman–Crippen LogP) is 3.81. The second-order valence-electron chi connectivity index (χ2n) is 6.75. The molecule has 4 nitrogen and oxygen atoms in total. The molecule has 2 aromatic carbocycles. The predicted molar refractivity (Wildman–Crippen MR) is 95.5 cm³/mol. The zero-order chi connectivity index (χ0) is 17.7. The van der Waals surface area contributed by atoms with E-state index in [1.54, 1.807) is 13.0 Å². The molecule has 0 aliphatic carbocycles. The molecule has 2 aliphatic heterocycles. The molecule has 2 heterocycles. The fourth-order valence-corrected chi connectivity index (χ4v) is 3.93. The number of hydrogen-bond donors (Lipinski definition) is 0. The molecule has 0 bridgehead atoms. The van der Waals surface area contributed by atoms with Crippen LogP contribution in [0.4, 0.5) is 0 Å². The summed E-state index contributed by atoms with van der Waals surface area (Å²) >= 11 is 6.09. The standard InChI is InChI=1S/C20H18ClNO3/c1-11-5-16(12(2)23)18-9-22(20(24)17(18)6-11)15-8-13-7-14(21)3-4-19(13)25-10-15/h3-7,15H,8-10H2,1-2H3. The minimum absolute atomic E-state index is 0.00776. The Hall–Kier alpha value is -2.33. The van der Waals surface area contributed by atoms with Gasteiger partial charge in [-0.05, 0) is 67.3 Å². The smallest absolute Gasteiger partial charge is 0.254 e. The van der Waals surface area contributed by atoms with Crippen LogP contribution >= 0.6 is 11.6 Å². The summed E-state index contributed by atoms with van der Waals surface area (Å²) in [6.45, 7) is 4.35. The van der Waals surface area contributed by atoms with E-state index in [4.69, 9.17) is 16.3 Å². The zero-order valence-corrected chi connectivity index (χ0v) is 14.9. The van der Waals surface area contributed by atoms with Gasteiger partial charge >= 0.3 is 0 Å². The largest absolute Gasteiger partial charge is 0.491 e. The van der Waals surface area contributed by atoms with Gasteiger partial charge in [0, 0.05) is 22.7 Å². The van der Waals surface area contributed by atoms with Gasteiger partial charge in [-0.1, -0.05) is 11.6 Å². The van der Waals surface area contributed by atoms with Crippen LogP contribution in [-0.2, 0) is 13.0 Å². The maximum absolute atomic E-state index is 12.9. The van der Waals surface area contributed by atoms with Crippen molar-refractivity contribution in [2.75, 3.05) is 6.61 Å². The molecule has 4 rings (SSSR count). The summed E-state index contributed by atoms with van der Waals surface area (Å²) in [5, 5.41) is 0.661. The lowest BCUT2D eigenvalue weighted by atomic mass is 9.98. The first kappa shape index (κ1) is 16.2. The molecule has 1 amide bonds. The lowest BCUT2D eigenvalue weighted by Crippen LogP contribution is -2.43. The Bertz CT molecular complexity index is 906. The van der Waals surface area contributed by atoms with Crippen molar-refractivity contribution in [3.05, 3.63) is 63.2 Å². The normalized spacial score (nSPS) is 18.6. The van der Waals surface area contributed by atoms with Gasteiger partial charge < -0.3 is 9.64 Å². The van der Waals surface area contributed by atoms with E-state index >= 15 is 0 Å². The average molecular weight is 356 g/mol. The molecular weight excluding hydrogens is 338 g/mol. The first-order valence-electron chi connectivity index (χ1n) is 8.30. The first-order valence-corrected chi connectivity index (χ1v) is 8.68. The molecule has 0 aromatic heterocycles. The molecule has 5 heteroatoms. The number of nitrogens with zero attached hydrogens (tertiary/aromatic N) is 1. The second kappa shape index (κ2) is 5.88. The monoisotopic (exact) mass is 355 g/mol. The number of halogens is 1. The number of carbonyl (C=O) groups is 2.